The minimum Gasteiger partial charge on any atom is -0.393 e. The zero-order chi connectivity index (χ0) is 19.3. The molecule has 0 aromatic carbocycles. The lowest BCUT2D eigenvalue weighted by molar-refractivity contribution is 0.120. The summed E-state index contributed by atoms with van der Waals surface area (Å²) in [6.07, 6.45) is 7.55. The molecule has 3 N–H and O–H groups in total. The molecule has 0 radical (unpaired) electrons. The summed E-state index contributed by atoms with van der Waals surface area (Å²) >= 11 is 6.42. The third-order valence-corrected chi connectivity index (χ3v) is 5.77. The molecule has 3 heterocycles. The molecule has 2 fully saturated rings. The average Bonchev–Trinajstić information content (AvgIpc) is 3.23. The summed E-state index contributed by atoms with van der Waals surface area (Å²) in [5.41, 5.74) is 1.67. The van der Waals surface area contributed by atoms with Gasteiger partial charge in [-0.15, -0.1) is 0 Å². The summed E-state index contributed by atoms with van der Waals surface area (Å²) in [6, 6.07) is 8.18. The predicted molar refractivity (Wildman–Crippen MR) is 112 cm³/mol. The number of hydrogen-bond acceptors (Lipinski definition) is 6. The highest BCUT2D eigenvalue weighted by molar-refractivity contribution is 6.33. The molecule has 7 heteroatoms. The van der Waals surface area contributed by atoms with E-state index in [1.165, 1.54) is 0 Å². The van der Waals surface area contributed by atoms with E-state index in [1.54, 1.807) is 6.20 Å². The molecule has 28 heavy (non-hydrogen) atoms. The first-order valence-electron chi connectivity index (χ1n) is 10.1. The van der Waals surface area contributed by atoms with Crippen molar-refractivity contribution in [3.63, 3.8) is 0 Å². The number of aliphatic hydroxyl groups excluding tert-OH is 1. The molecular weight excluding hydrogens is 376 g/mol. The van der Waals surface area contributed by atoms with E-state index in [0.717, 1.165) is 74.6 Å². The molecule has 6 nitrogen and oxygen atoms in total. The maximum absolute atomic E-state index is 9.68. The lowest BCUT2D eigenvalue weighted by Gasteiger charge is -2.26. The zero-order valence-corrected chi connectivity index (χ0v) is 16.7. The quantitative estimate of drug-likeness (QED) is 0.675. The van der Waals surface area contributed by atoms with Crippen LogP contribution in [0, 0.1) is 0 Å². The Balaban J connectivity index is 1.46. The zero-order valence-electron chi connectivity index (χ0n) is 15.9. The molecule has 2 aromatic heterocycles. The van der Waals surface area contributed by atoms with E-state index >= 15 is 0 Å². The standard InChI is InChI=1S/C21H27ClN4O2/c22-18-13-24-21(25-14-6-8-15(27)9-7-14)11-17(18)19-4-1-5-20(26-19)23-12-16-3-2-10-28-16/h1,4-5,11,13-16,27H,2-3,6-10,12H2,(H,23,26)(H,24,25)/t14-,15-,16-/m1/s1. The summed E-state index contributed by atoms with van der Waals surface area (Å²) in [7, 11) is 0. The van der Waals surface area contributed by atoms with Gasteiger partial charge in [0.2, 0.25) is 0 Å². The highest BCUT2D eigenvalue weighted by Crippen LogP contribution is 2.30. The monoisotopic (exact) mass is 402 g/mol. The number of ether oxygens (including phenoxy) is 1. The van der Waals surface area contributed by atoms with Crippen LogP contribution in [0.2, 0.25) is 5.02 Å². The Morgan fingerprint density at radius 2 is 2.00 bits per heavy atom. The number of pyridine rings is 2. The molecule has 2 aliphatic rings. The molecule has 0 amide bonds. The first-order chi connectivity index (χ1) is 13.7. The Morgan fingerprint density at radius 1 is 1.14 bits per heavy atom. The number of rotatable bonds is 6. The number of hydrogen-bond donors (Lipinski definition) is 3. The summed E-state index contributed by atoms with van der Waals surface area (Å²) in [6.45, 7) is 1.61. The van der Waals surface area contributed by atoms with E-state index in [1.807, 2.05) is 24.3 Å². The van der Waals surface area contributed by atoms with Crippen LogP contribution in [0.15, 0.2) is 30.5 Å². The van der Waals surface area contributed by atoms with Gasteiger partial charge in [-0.2, -0.15) is 0 Å². The molecule has 4 rings (SSSR count). The fourth-order valence-corrected chi connectivity index (χ4v) is 4.05. The molecular formula is C21H27ClN4O2. The molecule has 1 atom stereocenters. The van der Waals surface area contributed by atoms with Gasteiger partial charge in [0.1, 0.15) is 11.6 Å². The normalized spacial score (nSPS) is 24.9. The third-order valence-electron chi connectivity index (χ3n) is 5.46. The largest absolute Gasteiger partial charge is 0.393 e. The van der Waals surface area contributed by atoms with Crippen LogP contribution < -0.4 is 10.6 Å². The van der Waals surface area contributed by atoms with Crippen LogP contribution in [0.4, 0.5) is 11.6 Å². The second kappa shape index (κ2) is 9.07. The minimum absolute atomic E-state index is 0.166. The summed E-state index contributed by atoms with van der Waals surface area (Å²) in [5, 5.41) is 17.1. The van der Waals surface area contributed by atoms with Crippen molar-refractivity contribution in [2.24, 2.45) is 0 Å². The van der Waals surface area contributed by atoms with Crippen LogP contribution in [-0.4, -0.2) is 46.5 Å². The van der Waals surface area contributed by atoms with Crippen LogP contribution in [0.1, 0.15) is 38.5 Å². The maximum Gasteiger partial charge on any atom is 0.126 e. The van der Waals surface area contributed by atoms with E-state index in [9.17, 15) is 5.11 Å². The van der Waals surface area contributed by atoms with Gasteiger partial charge in [0.05, 0.1) is 22.9 Å². The topological polar surface area (TPSA) is 79.3 Å². The van der Waals surface area contributed by atoms with Gasteiger partial charge < -0.3 is 20.5 Å². The van der Waals surface area contributed by atoms with Gasteiger partial charge in [-0.05, 0) is 56.7 Å². The fourth-order valence-electron chi connectivity index (χ4n) is 3.85. The third kappa shape index (κ3) is 4.93. The SMILES string of the molecule is O[C@H]1CC[C@H](Nc2cc(-c3cccc(NC[C@H]4CCCO4)n3)c(Cl)cn2)CC1. The molecule has 2 aromatic rings. The van der Waals surface area contributed by atoms with Crippen LogP contribution in [0.25, 0.3) is 11.3 Å². The molecule has 1 saturated carbocycles. The first-order valence-corrected chi connectivity index (χ1v) is 10.5. The molecule has 0 bridgehead atoms. The molecule has 1 aliphatic heterocycles. The predicted octanol–water partition coefficient (Wildman–Crippen LogP) is 4.10. The van der Waals surface area contributed by atoms with Gasteiger partial charge in [0, 0.05) is 31.0 Å². The number of aromatic nitrogens is 2. The summed E-state index contributed by atoms with van der Waals surface area (Å²) in [5.74, 6) is 1.61. The Hall–Kier alpha value is -1.89. The average molecular weight is 403 g/mol. The van der Waals surface area contributed by atoms with Crippen molar-refractivity contribution in [1.29, 1.82) is 0 Å². The van der Waals surface area contributed by atoms with Crippen molar-refractivity contribution in [3.05, 3.63) is 35.5 Å². The van der Waals surface area contributed by atoms with E-state index in [2.05, 4.69) is 15.6 Å². The maximum atomic E-state index is 9.68. The number of anilines is 2. The highest BCUT2D eigenvalue weighted by Gasteiger charge is 2.20. The Morgan fingerprint density at radius 3 is 2.79 bits per heavy atom. The van der Waals surface area contributed by atoms with Gasteiger partial charge in [-0.3, -0.25) is 0 Å². The molecule has 0 spiro atoms. The van der Waals surface area contributed by atoms with Crippen LogP contribution >= 0.6 is 11.6 Å². The Kier molecular flexibility index (Phi) is 6.29. The molecule has 150 valence electrons. The lowest BCUT2D eigenvalue weighted by atomic mass is 9.93. The molecule has 1 saturated heterocycles. The van der Waals surface area contributed by atoms with Gasteiger partial charge >= 0.3 is 0 Å². The summed E-state index contributed by atoms with van der Waals surface area (Å²) < 4.78 is 5.66. The fraction of sp³-hybridized carbons (Fsp3) is 0.524. The number of halogens is 1. The van der Waals surface area contributed by atoms with Crippen molar-refractivity contribution in [2.75, 3.05) is 23.8 Å². The van der Waals surface area contributed by atoms with Crippen molar-refractivity contribution < 1.29 is 9.84 Å². The first kappa shape index (κ1) is 19.4. The van der Waals surface area contributed by atoms with E-state index in [0.29, 0.717) is 11.1 Å². The lowest BCUT2D eigenvalue weighted by Crippen LogP contribution is -2.28. The van der Waals surface area contributed by atoms with Crippen molar-refractivity contribution >= 4 is 23.2 Å². The molecule has 1 aliphatic carbocycles. The Bertz CT molecular complexity index is 790. The second-order valence-electron chi connectivity index (χ2n) is 7.62. The number of nitrogens with zero attached hydrogens (tertiary/aromatic N) is 2. The van der Waals surface area contributed by atoms with Crippen LogP contribution in [-0.2, 0) is 4.74 Å². The van der Waals surface area contributed by atoms with Gasteiger partial charge in [-0.25, -0.2) is 9.97 Å². The van der Waals surface area contributed by atoms with Gasteiger partial charge in [0.15, 0.2) is 0 Å². The Labute approximate surface area is 170 Å². The van der Waals surface area contributed by atoms with Crippen LogP contribution in [0.3, 0.4) is 0 Å². The van der Waals surface area contributed by atoms with E-state index in [4.69, 9.17) is 21.3 Å². The van der Waals surface area contributed by atoms with Crippen molar-refractivity contribution in [1.82, 2.24) is 9.97 Å². The van der Waals surface area contributed by atoms with Crippen molar-refractivity contribution in [2.45, 2.75) is 56.8 Å². The van der Waals surface area contributed by atoms with Gasteiger partial charge in [-0.1, -0.05) is 17.7 Å². The van der Waals surface area contributed by atoms with E-state index in [-0.39, 0.29) is 12.2 Å². The minimum atomic E-state index is -0.166. The number of aliphatic hydroxyl groups is 1. The smallest absolute Gasteiger partial charge is 0.126 e. The molecule has 0 unspecified atom stereocenters. The summed E-state index contributed by atoms with van der Waals surface area (Å²) in [4.78, 5) is 9.15. The highest BCUT2D eigenvalue weighted by atomic mass is 35.5. The van der Waals surface area contributed by atoms with E-state index < -0.39 is 0 Å². The van der Waals surface area contributed by atoms with Crippen LogP contribution in [0.5, 0.6) is 0 Å². The van der Waals surface area contributed by atoms with Gasteiger partial charge in [0.25, 0.3) is 0 Å². The van der Waals surface area contributed by atoms with Crippen molar-refractivity contribution in [3.8, 4) is 11.3 Å². The number of nitrogens with one attached hydrogen (secondary N) is 2. The second-order valence-corrected chi connectivity index (χ2v) is 8.03.